The lowest BCUT2D eigenvalue weighted by Crippen LogP contribution is -2.52. The molecule has 2 aliphatic rings. The molecular weight excluding hydrogens is 378 g/mol. The molecule has 152 valence electrons. The SMILES string of the molecule is CC(C)c1nc(S(=O)(=O)N2CC(Cn3nc4c(cc3=O)CCCC4)C2)cn1C. The Bertz CT molecular complexity index is 1050. The minimum absolute atomic E-state index is 0.0896. The summed E-state index contributed by atoms with van der Waals surface area (Å²) in [5.74, 6) is 0.996. The largest absolute Gasteiger partial charge is 0.336 e. The fourth-order valence-electron chi connectivity index (χ4n) is 4.06. The number of rotatable bonds is 5. The van der Waals surface area contributed by atoms with Gasteiger partial charge < -0.3 is 4.57 Å². The highest BCUT2D eigenvalue weighted by Gasteiger charge is 2.38. The van der Waals surface area contributed by atoms with Crippen LogP contribution >= 0.6 is 0 Å². The predicted octanol–water partition coefficient (Wildman–Crippen LogP) is 1.30. The monoisotopic (exact) mass is 405 g/mol. The maximum Gasteiger partial charge on any atom is 0.267 e. The molecule has 0 spiro atoms. The van der Waals surface area contributed by atoms with Crippen molar-refractivity contribution < 1.29 is 8.42 Å². The van der Waals surface area contributed by atoms with Gasteiger partial charge in [-0.05, 0) is 31.2 Å². The first-order chi connectivity index (χ1) is 13.3. The van der Waals surface area contributed by atoms with Crippen LogP contribution in [0.15, 0.2) is 22.1 Å². The first kappa shape index (κ1) is 19.3. The van der Waals surface area contributed by atoms with Crippen LogP contribution in [0.3, 0.4) is 0 Å². The Hall–Kier alpha value is -2.00. The van der Waals surface area contributed by atoms with Crippen LogP contribution in [-0.2, 0) is 36.5 Å². The molecule has 3 heterocycles. The summed E-state index contributed by atoms with van der Waals surface area (Å²) in [4.78, 5) is 16.6. The van der Waals surface area contributed by atoms with Gasteiger partial charge in [-0.1, -0.05) is 13.8 Å². The van der Waals surface area contributed by atoms with Gasteiger partial charge >= 0.3 is 0 Å². The van der Waals surface area contributed by atoms with Crippen LogP contribution in [0.2, 0.25) is 0 Å². The van der Waals surface area contributed by atoms with E-state index in [9.17, 15) is 13.2 Å². The second-order valence-corrected chi connectivity index (χ2v) is 10.1. The minimum atomic E-state index is -3.59. The summed E-state index contributed by atoms with van der Waals surface area (Å²) >= 11 is 0. The normalized spacial score (nSPS) is 18.3. The van der Waals surface area contributed by atoms with Gasteiger partial charge in [-0.25, -0.2) is 18.1 Å². The number of imidazole rings is 1. The van der Waals surface area contributed by atoms with Gasteiger partial charge in [0.05, 0.1) is 12.2 Å². The molecule has 0 bridgehead atoms. The predicted molar refractivity (Wildman–Crippen MR) is 105 cm³/mol. The standard InChI is InChI=1S/C19H27N5O3S/c1-13(2)19-20-17(12-22(19)3)28(26,27)23-9-14(10-23)11-24-18(25)8-15-6-4-5-7-16(15)21-24/h8,12-14H,4-7,9-11H2,1-3H3. The van der Waals surface area contributed by atoms with E-state index < -0.39 is 10.0 Å². The molecule has 0 unspecified atom stereocenters. The van der Waals surface area contributed by atoms with Gasteiger partial charge in [0.2, 0.25) is 0 Å². The molecule has 1 saturated heterocycles. The Morgan fingerprint density at radius 1 is 1.21 bits per heavy atom. The molecule has 1 aliphatic heterocycles. The molecular formula is C19H27N5O3S. The van der Waals surface area contributed by atoms with E-state index in [1.54, 1.807) is 16.8 Å². The Morgan fingerprint density at radius 2 is 1.93 bits per heavy atom. The molecule has 0 saturated carbocycles. The minimum Gasteiger partial charge on any atom is -0.336 e. The maximum absolute atomic E-state index is 12.8. The van der Waals surface area contributed by atoms with Gasteiger partial charge in [0.15, 0.2) is 5.03 Å². The summed E-state index contributed by atoms with van der Waals surface area (Å²) in [5, 5.41) is 4.63. The van der Waals surface area contributed by atoms with Crippen molar-refractivity contribution in [3.05, 3.63) is 39.7 Å². The Morgan fingerprint density at radius 3 is 2.61 bits per heavy atom. The highest BCUT2D eigenvalue weighted by atomic mass is 32.2. The number of fused-ring (bicyclic) bond motifs is 1. The molecule has 0 atom stereocenters. The first-order valence-corrected chi connectivity index (χ1v) is 11.3. The molecule has 0 aromatic carbocycles. The molecule has 2 aromatic rings. The van der Waals surface area contributed by atoms with E-state index in [-0.39, 0.29) is 22.4 Å². The third-order valence-corrected chi connectivity index (χ3v) is 7.34. The van der Waals surface area contributed by atoms with Crippen LogP contribution < -0.4 is 5.56 Å². The van der Waals surface area contributed by atoms with Gasteiger partial charge in [-0.2, -0.15) is 9.40 Å². The van der Waals surface area contributed by atoms with Gasteiger partial charge in [-0.15, -0.1) is 0 Å². The Labute approximate surface area is 165 Å². The van der Waals surface area contributed by atoms with E-state index >= 15 is 0 Å². The maximum atomic E-state index is 12.8. The van der Waals surface area contributed by atoms with Gasteiger partial charge in [0, 0.05) is 44.2 Å². The molecule has 0 radical (unpaired) electrons. The second-order valence-electron chi connectivity index (χ2n) is 8.23. The summed E-state index contributed by atoms with van der Waals surface area (Å²) in [5.41, 5.74) is 2.00. The van der Waals surface area contributed by atoms with E-state index in [2.05, 4.69) is 10.1 Å². The molecule has 1 fully saturated rings. The third-order valence-electron chi connectivity index (χ3n) is 5.64. The van der Waals surface area contributed by atoms with E-state index in [0.717, 1.165) is 42.8 Å². The molecule has 0 N–H and O–H groups in total. The van der Waals surface area contributed by atoms with Crippen molar-refractivity contribution in [2.75, 3.05) is 13.1 Å². The van der Waals surface area contributed by atoms with Crippen LogP contribution in [-0.4, -0.2) is 45.1 Å². The van der Waals surface area contributed by atoms with E-state index in [0.29, 0.717) is 19.6 Å². The van der Waals surface area contributed by atoms with Gasteiger partial charge in [-0.3, -0.25) is 4.79 Å². The zero-order valence-corrected chi connectivity index (χ0v) is 17.4. The summed E-state index contributed by atoms with van der Waals surface area (Å²) in [6.45, 7) is 5.21. The smallest absolute Gasteiger partial charge is 0.267 e. The number of nitrogens with zero attached hydrogens (tertiary/aromatic N) is 5. The van der Waals surface area contributed by atoms with Crippen LogP contribution in [0, 0.1) is 5.92 Å². The molecule has 0 amide bonds. The lowest BCUT2D eigenvalue weighted by molar-refractivity contribution is 0.171. The molecule has 9 heteroatoms. The summed E-state index contributed by atoms with van der Waals surface area (Å²) in [7, 11) is -1.78. The number of hydrogen-bond donors (Lipinski definition) is 0. The molecule has 4 rings (SSSR count). The fourth-order valence-corrected chi connectivity index (χ4v) is 5.63. The van der Waals surface area contributed by atoms with Gasteiger partial charge in [0.1, 0.15) is 5.82 Å². The van der Waals surface area contributed by atoms with Crippen LogP contribution in [0.5, 0.6) is 0 Å². The average Bonchev–Trinajstić information content (AvgIpc) is 3.00. The highest BCUT2D eigenvalue weighted by molar-refractivity contribution is 7.89. The lowest BCUT2D eigenvalue weighted by Gasteiger charge is -2.37. The molecule has 2 aromatic heterocycles. The van der Waals surface area contributed by atoms with E-state index in [1.807, 2.05) is 20.9 Å². The zero-order chi connectivity index (χ0) is 20.1. The Kier molecular flexibility index (Phi) is 4.91. The summed E-state index contributed by atoms with van der Waals surface area (Å²) in [6.07, 6.45) is 5.64. The third kappa shape index (κ3) is 3.41. The van der Waals surface area contributed by atoms with E-state index in [1.165, 1.54) is 8.99 Å². The molecule has 1 aliphatic carbocycles. The number of hydrogen-bond acceptors (Lipinski definition) is 5. The van der Waals surface area contributed by atoms with Crippen molar-refractivity contribution in [3.8, 4) is 0 Å². The number of aryl methyl sites for hydroxylation is 3. The molecule has 28 heavy (non-hydrogen) atoms. The first-order valence-electron chi connectivity index (χ1n) is 9.89. The Balaban J connectivity index is 1.45. The fraction of sp³-hybridized carbons (Fsp3) is 0.632. The van der Waals surface area contributed by atoms with Crippen molar-refractivity contribution >= 4 is 10.0 Å². The van der Waals surface area contributed by atoms with Crippen LogP contribution in [0.4, 0.5) is 0 Å². The average molecular weight is 406 g/mol. The number of aromatic nitrogens is 4. The van der Waals surface area contributed by atoms with Gasteiger partial charge in [0.25, 0.3) is 15.6 Å². The quantitative estimate of drug-likeness (QED) is 0.748. The second kappa shape index (κ2) is 7.11. The van der Waals surface area contributed by atoms with Crippen molar-refractivity contribution in [1.29, 1.82) is 0 Å². The van der Waals surface area contributed by atoms with Crippen molar-refractivity contribution in [2.24, 2.45) is 13.0 Å². The molecule has 8 nitrogen and oxygen atoms in total. The van der Waals surface area contributed by atoms with Crippen LogP contribution in [0.25, 0.3) is 0 Å². The van der Waals surface area contributed by atoms with E-state index in [4.69, 9.17) is 0 Å². The van der Waals surface area contributed by atoms with Crippen molar-refractivity contribution in [2.45, 2.75) is 57.0 Å². The highest BCUT2D eigenvalue weighted by Crippen LogP contribution is 2.27. The number of sulfonamides is 1. The summed E-state index contributed by atoms with van der Waals surface area (Å²) in [6, 6.07) is 1.70. The van der Waals surface area contributed by atoms with Crippen molar-refractivity contribution in [3.63, 3.8) is 0 Å². The van der Waals surface area contributed by atoms with Crippen LogP contribution in [0.1, 0.15) is 49.7 Å². The van der Waals surface area contributed by atoms with Crippen molar-refractivity contribution in [1.82, 2.24) is 23.6 Å². The summed E-state index contributed by atoms with van der Waals surface area (Å²) < 4.78 is 30.4. The zero-order valence-electron chi connectivity index (χ0n) is 16.6. The topological polar surface area (TPSA) is 90.1 Å². The lowest BCUT2D eigenvalue weighted by atomic mass is 9.97.